The first-order chi connectivity index (χ1) is 28.3. The van der Waals surface area contributed by atoms with Crippen molar-refractivity contribution >= 4 is 17.9 Å². The Bertz CT molecular complexity index is 887. The van der Waals surface area contributed by atoms with Crippen LogP contribution in [0.4, 0.5) is 0 Å². The van der Waals surface area contributed by atoms with Gasteiger partial charge in [-0.1, -0.05) is 247 Å². The standard InChI is InChI=1S/C52H100O6/c1-6-8-9-10-11-12-13-20-23-26-32-37-42-50(53)56-45-49(58-52(55)44-39-34-29-28-31-36-41-48(5)7-2)46-57-51(54)43-38-33-27-24-21-18-16-14-15-17-19-22-25-30-35-40-47(3)4/h47-49H,6-46H2,1-5H3/t48?,49-/m0/s1. The molecule has 0 aromatic heterocycles. The summed E-state index contributed by atoms with van der Waals surface area (Å²) in [5.74, 6) is 0.807. The number of carbonyl (C=O) groups excluding carboxylic acids is 3. The molecule has 0 spiro atoms. The molecular formula is C52H100O6. The monoisotopic (exact) mass is 821 g/mol. The SMILES string of the molecule is CCCCCCCCCCCCCCC(=O)OC[C@@H](COC(=O)CCCCCCCCCCCCCCCCCC(C)C)OC(=O)CCCCCCCCC(C)CC. The molecule has 0 aromatic rings. The Hall–Kier alpha value is -1.59. The molecule has 0 aliphatic carbocycles. The summed E-state index contributed by atoms with van der Waals surface area (Å²) in [5.41, 5.74) is 0. The van der Waals surface area contributed by atoms with Crippen LogP contribution in [-0.4, -0.2) is 37.2 Å². The zero-order valence-corrected chi connectivity index (χ0v) is 39.7. The molecule has 0 amide bonds. The van der Waals surface area contributed by atoms with Crippen LogP contribution in [0.3, 0.4) is 0 Å². The predicted octanol–water partition coefficient (Wildman–Crippen LogP) is 16.5. The number of esters is 3. The molecule has 0 aliphatic heterocycles. The number of rotatable bonds is 46. The third-order valence-corrected chi connectivity index (χ3v) is 12.1. The summed E-state index contributed by atoms with van der Waals surface area (Å²) in [6.07, 6.45) is 45.2. The van der Waals surface area contributed by atoms with Crippen LogP contribution in [0.2, 0.25) is 0 Å². The molecule has 6 heteroatoms. The summed E-state index contributed by atoms with van der Waals surface area (Å²) in [6.45, 7) is 11.4. The van der Waals surface area contributed by atoms with Crippen molar-refractivity contribution in [1.29, 1.82) is 0 Å². The lowest BCUT2D eigenvalue weighted by molar-refractivity contribution is -0.167. The molecular weight excluding hydrogens is 721 g/mol. The van der Waals surface area contributed by atoms with Gasteiger partial charge in [0, 0.05) is 19.3 Å². The second kappa shape index (κ2) is 44.9. The zero-order chi connectivity index (χ0) is 42.6. The fraction of sp³-hybridized carbons (Fsp3) is 0.942. The van der Waals surface area contributed by atoms with Crippen LogP contribution < -0.4 is 0 Å². The van der Waals surface area contributed by atoms with Crippen LogP contribution in [-0.2, 0) is 28.6 Å². The lowest BCUT2D eigenvalue weighted by Gasteiger charge is -2.18. The van der Waals surface area contributed by atoms with E-state index in [4.69, 9.17) is 14.2 Å². The Labute approximate surface area is 361 Å². The topological polar surface area (TPSA) is 78.9 Å². The normalized spacial score (nSPS) is 12.5. The highest BCUT2D eigenvalue weighted by Gasteiger charge is 2.19. The number of hydrogen-bond acceptors (Lipinski definition) is 6. The van der Waals surface area contributed by atoms with E-state index in [0.717, 1.165) is 69.6 Å². The Morgan fingerprint density at radius 3 is 0.983 bits per heavy atom. The lowest BCUT2D eigenvalue weighted by Crippen LogP contribution is -2.30. The van der Waals surface area contributed by atoms with Crippen LogP contribution in [0, 0.1) is 11.8 Å². The van der Waals surface area contributed by atoms with Crippen molar-refractivity contribution in [2.45, 2.75) is 291 Å². The number of ether oxygens (including phenoxy) is 3. The largest absolute Gasteiger partial charge is 0.462 e. The van der Waals surface area contributed by atoms with Gasteiger partial charge in [0.1, 0.15) is 13.2 Å². The van der Waals surface area contributed by atoms with E-state index in [0.29, 0.717) is 19.3 Å². The zero-order valence-electron chi connectivity index (χ0n) is 39.7. The maximum absolute atomic E-state index is 12.7. The van der Waals surface area contributed by atoms with Crippen LogP contribution in [0.1, 0.15) is 285 Å². The Morgan fingerprint density at radius 2 is 0.655 bits per heavy atom. The van der Waals surface area contributed by atoms with Crippen molar-refractivity contribution in [3.05, 3.63) is 0 Å². The van der Waals surface area contributed by atoms with Crippen LogP contribution in [0.25, 0.3) is 0 Å². The number of hydrogen-bond donors (Lipinski definition) is 0. The summed E-state index contributed by atoms with van der Waals surface area (Å²) in [7, 11) is 0. The highest BCUT2D eigenvalue weighted by atomic mass is 16.6. The molecule has 6 nitrogen and oxygen atoms in total. The summed E-state index contributed by atoms with van der Waals surface area (Å²) >= 11 is 0. The van der Waals surface area contributed by atoms with Gasteiger partial charge >= 0.3 is 17.9 Å². The first kappa shape index (κ1) is 56.4. The Kier molecular flexibility index (Phi) is 43.7. The minimum Gasteiger partial charge on any atom is -0.462 e. The van der Waals surface area contributed by atoms with E-state index in [1.54, 1.807) is 0 Å². The first-order valence-electron chi connectivity index (χ1n) is 25.8. The second-order valence-corrected chi connectivity index (χ2v) is 18.5. The number of unbranched alkanes of at least 4 members (excludes halogenated alkanes) is 30. The van der Waals surface area contributed by atoms with Gasteiger partial charge in [0.15, 0.2) is 6.10 Å². The van der Waals surface area contributed by atoms with Crippen molar-refractivity contribution in [3.8, 4) is 0 Å². The number of carbonyl (C=O) groups is 3. The van der Waals surface area contributed by atoms with Gasteiger partial charge in [0.05, 0.1) is 0 Å². The van der Waals surface area contributed by atoms with Crippen molar-refractivity contribution in [3.63, 3.8) is 0 Å². The quantitative estimate of drug-likeness (QED) is 0.0346. The smallest absolute Gasteiger partial charge is 0.306 e. The minimum atomic E-state index is -0.762. The van der Waals surface area contributed by atoms with Crippen LogP contribution in [0.15, 0.2) is 0 Å². The maximum atomic E-state index is 12.7. The van der Waals surface area contributed by atoms with E-state index in [2.05, 4.69) is 34.6 Å². The van der Waals surface area contributed by atoms with Gasteiger partial charge in [-0.05, 0) is 31.1 Å². The van der Waals surface area contributed by atoms with E-state index >= 15 is 0 Å². The highest BCUT2D eigenvalue weighted by molar-refractivity contribution is 5.71. The average molecular weight is 821 g/mol. The fourth-order valence-corrected chi connectivity index (χ4v) is 7.78. The maximum Gasteiger partial charge on any atom is 0.306 e. The third kappa shape index (κ3) is 44.0. The van der Waals surface area contributed by atoms with Gasteiger partial charge in [-0.2, -0.15) is 0 Å². The molecule has 0 heterocycles. The molecule has 0 aliphatic rings. The van der Waals surface area contributed by atoms with Gasteiger partial charge in [0.2, 0.25) is 0 Å². The summed E-state index contributed by atoms with van der Waals surface area (Å²) in [4.78, 5) is 37.9. The molecule has 0 rings (SSSR count). The van der Waals surface area contributed by atoms with Crippen LogP contribution in [0.5, 0.6) is 0 Å². The Morgan fingerprint density at radius 1 is 0.362 bits per heavy atom. The summed E-state index contributed by atoms with van der Waals surface area (Å²) in [6, 6.07) is 0. The molecule has 0 bridgehead atoms. The summed E-state index contributed by atoms with van der Waals surface area (Å²) < 4.78 is 16.8. The van der Waals surface area contributed by atoms with Gasteiger partial charge < -0.3 is 14.2 Å². The van der Waals surface area contributed by atoms with Crippen molar-refractivity contribution in [1.82, 2.24) is 0 Å². The molecule has 0 N–H and O–H groups in total. The minimum absolute atomic E-state index is 0.0645. The predicted molar refractivity (Wildman–Crippen MR) is 247 cm³/mol. The van der Waals surface area contributed by atoms with Crippen LogP contribution >= 0.6 is 0 Å². The average Bonchev–Trinajstić information content (AvgIpc) is 3.21. The van der Waals surface area contributed by atoms with E-state index in [1.807, 2.05) is 0 Å². The second-order valence-electron chi connectivity index (χ2n) is 18.5. The molecule has 1 unspecified atom stereocenters. The summed E-state index contributed by atoms with van der Waals surface area (Å²) in [5, 5.41) is 0. The van der Waals surface area contributed by atoms with Crippen molar-refractivity contribution in [2.75, 3.05) is 13.2 Å². The van der Waals surface area contributed by atoms with Gasteiger partial charge in [-0.3, -0.25) is 14.4 Å². The van der Waals surface area contributed by atoms with E-state index in [-0.39, 0.29) is 31.1 Å². The van der Waals surface area contributed by atoms with Crippen molar-refractivity contribution < 1.29 is 28.6 Å². The van der Waals surface area contributed by atoms with Gasteiger partial charge in [0.25, 0.3) is 0 Å². The van der Waals surface area contributed by atoms with Crippen molar-refractivity contribution in [2.24, 2.45) is 11.8 Å². The highest BCUT2D eigenvalue weighted by Crippen LogP contribution is 2.18. The molecule has 0 saturated carbocycles. The lowest BCUT2D eigenvalue weighted by atomic mass is 10.00. The van der Waals surface area contributed by atoms with E-state index < -0.39 is 6.10 Å². The molecule has 0 saturated heterocycles. The third-order valence-electron chi connectivity index (χ3n) is 12.1. The van der Waals surface area contributed by atoms with E-state index in [9.17, 15) is 14.4 Å². The molecule has 2 atom stereocenters. The van der Waals surface area contributed by atoms with E-state index in [1.165, 1.54) is 173 Å². The first-order valence-corrected chi connectivity index (χ1v) is 25.8. The molecule has 0 fully saturated rings. The Balaban J connectivity index is 4.25. The molecule has 344 valence electrons. The fourth-order valence-electron chi connectivity index (χ4n) is 7.78. The van der Waals surface area contributed by atoms with Gasteiger partial charge in [-0.15, -0.1) is 0 Å². The molecule has 0 radical (unpaired) electrons. The molecule has 58 heavy (non-hydrogen) atoms. The molecule has 0 aromatic carbocycles. The van der Waals surface area contributed by atoms with Gasteiger partial charge in [-0.25, -0.2) is 0 Å².